The predicted octanol–water partition coefficient (Wildman–Crippen LogP) is 15.9. The SMILES string of the molecule is CCCCCCCCCCOc1c(C(=O)O)[nH]c(C(=O)O)c1OCCCCCCCCCC.CCCCCCCCCCOc1c(C(=O)OCC)[nH]c(C(=O)OCC)c1OCCCCCCCCCC. The summed E-state index contributed by atoms with van der Waals surface area (Å²) in [4.78, 5) is 53.9. The minimum Gasteiger partial charge on any atom is -0.487 e. The molecular weight excluding hydrogens is 893 g/mol. The molecule has 0 aliphatic carbocycles. The Morgan fingerprint density at radius 3 is 0.729 bits per heavy atom. The molecule has 0 saturated carbocycles. The second-order valence-corrected chi connectivity index (χ2v) is 18.4. The van der Waals surface area contributed by atoms with Gasteiger partial charge in [0.1, 0.15) is 0 Å². The van der Waals surface area contributed by atoms with Crippen molar-refractivity contribution >= 4 is 23.9 Å². The molecule has 0 aliphatic heterocycles. The van der Waals surface area contributed by atoms with Crippen LogP contribution in [0.1, 0.15) is 289 Å². The number of hydrogen-bond donors (Lipinski definition) is 4. The number of H-pyrrole nitrogens is 2. The number of rotatable bonds is 46. The summed E-state index contributed by atoms with van der Waals surface area (Å²) in [6.45, 7) is 14.3. The van der Waals surface area contributed by atoms with E-state index in [0.29, 0.717) is 26.4 Å². The highest BCUT2D eigenvalue weighted by atomic mass is 16.6. The van der Waals surface area contributed by atoms with E-state index in [4.69, 9.17) is 28.4 Å². The molecule has 0 amide bonds. The van der Waals surface area contributed by atoms with Gasteiger partial charge in [0.05, 0.1) is 39.6 Å². The van der Waals surface area contributed by atoms with Gasteiger partial charge in [0, 0.05) is 0 Å². The molecule has 0 radical (unpaired) electrons. The number of aromatic amines is 2. The number of aromatic nitrogens is 2. The molecule has 2 heterocycles. The molecule has 0 bridgehead atoms. The smallest absolute Gasteiger partial charge is 0.358 e. The van der Waals surface area contributed by atoms with Gasteiger partial charge in [0.15, 0.2) is 45.8 Å². The summed E-state index contributed by atoms with van der Waals surface area (Å²) in [5.74, 6) is -3.14. The van der Waals surface area contributed by atoms with Gasteiger partial charge in [-0.1, -0.05) is 207 Å². The Hall–Kier alpha value is -4.36. The Morgan fingerprint density at radius 1 is 0.314 bits per heavy atom. The van der Waals surface area contributed by atoms with Crippen molar-refractivity contribution in [3.05, 3.63) is 22.8 Å². The number of nitrogens with one attached hydrogen (secondary N) is 2. The van der Waals surface area contributed by atoms with Gasteiger partial charge in [-0.05, 0) is 39.5 Å². The van der Waals surface area contributed by atoms with E-state index in [1.165, 1.54) is 141 Å². The maximum atomic E-state index is 12.7. The third-order valence-electron chi connectivity index (χ3n) is 12.2. The highest BCUT2D eigenvalue weighted by Crippen LogP contribution is 2.38. The normalized spacial score (nSPS) is 10.9. The molecule has 14 heteroatoms. The Kier molecular flexibility index (Phi) is 39.5. The lowest BCUT2D eigenvalue weighted by Crippen LogP contribution is -2.09. The summed E-state index contributed by atoms with van der Waals surface area (Å²) in [5, 5.41) is 19.0. The maximum absolute atomic E-state index is 12.7. The van der Waals surface area contributed by atoms with Crippen molar-refractivity contribution in [1.82, 2.24) is 9.97 Å². The summed E-state index contributed by atoms with van der Waals surface area (Å²) >= 11 is 0. The molecule has 14 nitrogen and oxygen atoms in total. The van der Waals surface area contributed by atoms with Gasteiger partial charge in [-0.15, -0.1) is 0 Å². The number of ether oxygens (including phenoxy) is 6. The van der Waals surface area contributed by atoms with Crippen molar-refractivity contribution in [2.75, 3.05) is 39.6 Å². The molecule has 0 atom stereocenters. The molecule has 0 aromatic carbocycles. The van der Waals surface area contributed by atoms with Gasteiger partial charge in [-0.3, -0.25) is 0 Å². The molecule has 0 saturated heterocycles. The van der Waals surface area contributed by atoms with Crippen LogP contribution in [0.15, 0.2) is 0 Å². The van der Waals surface area contributed by atoms with Crippen molar-refractivity contribution in [2.24, 2.45) is 0 Å². The van der Waals surface area contributed by atoms with E-state index in [2.05, 4.69) is 37.7 Å². The number of aromatic carboxylic acids is 2. The van der Waals surface area contributed by atoms with Crippen LogP contribution >= 0.6 is 0 Å². The largest absolute Gasteiger partial charge is 0.487 e. The molecule has 404 valence electrons. The topological polar surface area (TPSA) is 196 Å². The number of carbonyl (C=O) groups is 4. The molecule has 2 rings (SSSR count). The van der Waals surface area contributed by atoms with Crippen molar-refractivity contribution in [2.45, 2.75) is 247 Å². The molecule has 4 N–H and O–H groups in total. The molecule has 0 aliphatic rings. The van der Waals surface area contributed by atoms with E-state index in [9.17, 15) is 29.4 Å². The molecule has 2 aromatic rings. The zero-order valence-corrected chi connectivity index (χ0v) is 44.8. The lowest BCUT2D eigenvalue weighted by molar-refractivity contribution is 0.0511. The molecule has 70 heavy (non-hydrogen) atoms. The van der Waals surface area contributed by atoms with Crippen molar-refractivity contribution in [1.29, 1.82) is 0 Å². The second-order valence-electron chi connectivity index (χ2n) is 18.4. The Labute approximate surface area is 422 Å². The molecule has 2 aromatic heterocycles. The van der Waals surface area contributed by atoms with Gasteiger partial charge in [0.2, 0.25) is 0 Å². The predicted molar refractivity (Wildman–Crippen MR) is 280 cm³/mol. The van der Waals surface area contributed by atoms with E-state index < -0.39 is 23.9 Å². The van der Waals surface area contributed by atoms with Crippen molar-refractivity contribution in [3.63, 3.8) is 0 Å². The van der Waals surface area contributed by atoms with Gasteiger partial charge in [-0.2, -0.15) is 0 Å². The fourth-order valence-electron chi connectivity index (χ4n) is 8.12. The van der Waals surface area contributed by atoms with Gasteiger partial charge in [-0.25, -0.2) is 19.2 Å². The van der Waals surface area contributed by atoms with Gasteiger partial charge in [0.25, 0.3) is 0 Å². The number of carboxylic acids is 2. The van der Waals surface area contributed by atoms with Crippen LogP contribution in [0, 0.1) is 0 Å². The lowest BCUT2D eigenvalue weighted by Gasteiger charge is -2.12. The van der Waals surface area contributed by atoms with Crippen LogP contribution in [0.5, 0.6) is 23.0 Å². The van der Waals surface area contributed by atoms with Crippen LogP contribution in [0.2, 0.25) is 0 Å². The minimum absolute atomic E-state index is 0.00223. The number of hydrogen-bond acceptors (Lipinski definition) is 10. The van der Waals surface area contributed by atoms with Crippen LogP contribution in [0.3, 0.4) is 0 Å². The van der Waals surface area contributed by atoms with Gasteiger partial charge >= 0.3 is 23.9 Å². The summed E-state index contributed by atoms with van der Waals surface area (Å²) in [5.41, 5.74) is -0.318. The van der Waals surface area contributed by atoms with Crippen LogP contribution in [0.4, 0.5) is 0 Å². The Morgan fingerprint density at radius 2 is 0.514 bits per heavy atom. The highest BCUT2D eigenvalue weighted by Gasteiger charge is 2.31. The summed E-state index contributed by atoms with van der Waals surface area (Å²) in [6.07, 6.45) is 37.2. The van der Waals surface area contributed by atoms with E-state index in [1.54, 1.807) is 13.8 Å². The zero-order valence-electron chi connectivity index (χ0n) is 44.8. The molecular formula is C56H98N2O12. The first-order chi connectivity index (χ1) is 34.1. The fourth-order valence-corrected chi connectivity index (χ4v) is 8.12. The first-order valence-corrected chi connectivity index (χ1v) is 28.0. The number of carbonyl (C=O) groups excluding carboxylic acids is 2. The number of carboxylic acid groups (broad SMARTS) is 2. The highest BCUT2D eigenvalue weighted by molar-refractivity contribution is 5.99. The van der Waals surface area contributed by atoms with Crippen LogP contribution < -0.4 is 18.9 Å². The van der Waals surface area contributed by atoms with E-state index in [0.717, 1.165) is 64.2 Å². The van der Waals surface area contributed by atoms with Gasteiger partial charge < -0.3 is 48.6 Å². The monoisotopic (exact) mass is 991 g/mol. The van der Waals surface area contributed by atoms with E-state index >= 15 is 0 Å². The first-order valence-electron chi connectivity index (χ1n) is 28.0. The minimum atomic E-state index is -1.26. The first kappa shape index (κ1) is 63.7. The zero-order chi connectivity index (χ0) is 51.5. The molecule has 0 fully saturated rings. The van der Waals surface area contributed by atoms with Crippen LogP contribution in [-0.2, 0) is 9.47 Å². The molecule has 0 unspecified atom stereocenters. The number of esters is 2. The third kappa shape index (κ3) is 28.5. The van der Waals surface area contributed by atoms with Crippen LogP contribution in [-0.4, -0.2) is 83.7 Å². The average molecular weight is 991 g/mol. The van der Waals surface area contributed by atoms with Crippen molar-refractivity contribution < 1.29 is 57.8 Å². The third-order valence-corrected chi connectivity index (χ3v) is 12.2. The Balaban J connectivity index is 0.000000705. The fraction of sp³-hybridized carbons (Fsp3) is 0.786. The molecule has 0 spiro atoms. The summed E-state index contributed by atoms with van der Waals surface area (Å²) in [7, 11) is 0. The average Bonchev–Trinajstić information content (AvgIpc) is 3.91. The second kappa shape index (κ2) is 43.4. The summed E-state index contributed by atoms with van der Waals surface area (Å²) in [6, 6.07) is 0. The quantitative estimate of drug-likeness (QED) is 0.0362. The standard InChI is InChI=1S/C30H53NO6.C26H45NO6/c1-5-9-11-13-15-17-19-21-23-36-27-25(29(32)34-7-3)31-26(30(33)35-8-4)28(27)37-24-22-20-18-16-14-12-10-6-2;1-3-5-7-9-11-13-15-17-19-32-23-21(25(28)29)27-22(26(30)31)24(23)33-20-18-16-14-12-10-8-6-4-2/h31H,5-24H2,1-4H3;27H,3-20H2,1-2H3,(H,28,29)(H,30,31). The summed E-state index contributed by atoms with van der Waals surface area (Å²) < 4.78 is 34.0. The van der Waals surface area contributed by atoms with Crippen molar-refractivity contribution in [3.8, 4) is 23.0 Å². The number of unbranched alkanes of at least 4 members (excludes halogenated alkanes) is 28. The van der Waals surface area contributed by atoms with E-state index in [1.807, 2.05) is 0 Å². The van der Waals surface area contributed by atoms with Crippen LogP contribution in [0.25, 0.3) is 0 Å². The van der Waals surface area contributed by atoms with E-state index in [-0.39, 0.29) is 59.0 Å². The lowest BCUT2D eigenvalue weighted by atomic mass is 10.1. The Bertz CT molecular complexity index is 1520. The maximum Gasteiger partial charge on any atom is 0.358 e.